The number of ether oxygens (including phenoxy) is 2. The number of hydrogen-bond donors (Lipinski definition) is 3. The molecule has 5 rings (SSSR count). The Bertz CT molecular complexity index is 1480. The average Bonchev–Trinajstić information content (AvgIpc) is 3.55. The Morgan fingerprint density at radius 3 is 2.73 bits per heavy atom. The fourth-order valence-electron chi connectivity index (χ4n) is 5.51. The van der Waals surface area contributed by atoms with Crippen LogP contribution in [0.5, 0.6) is 17.5 Å². The third-order valence-corrected chi connectivity index (χ3v) is 8.70. The standard InChI is InChI=1S/C29H34N8O3S/c1-3-6-20(27(38)19-8-4-9-22-25(19)21(12-30)28(32)41-22)26(31)29-35-23(39-15-17-7-5-10-37(17)2)11-24(36-29)40-18-13-33-16-34-14-18/h11,13-14,16-17,19,31,38H,3-10,15,32H2,1-2H3/b27-20-,31-26?/t17-,19-/m0/s1. The molecular formula is C29H34N8O3S. The van der Waals surface area contributed by atoms with E-state index in [1.54, 1.807) is 6.07 Å². The molecule has 0 spiro atoms. The summed E-state index contributed by atoms with van der Waals surface area (Å²) >= 11 is 1.41. The number of nitrogen functional groups attached to an aromatic ring is 1. The first-order chi connectivity index (χ1) is 19.9. The zero-order chi connectivity index (χ0) is 28.9. The summed E-state index contributed by atoms with van der Waals surface area (Å²) in [6, 6.07) is 4.08. The zero-order valence-corrected chi connectivity index (χ0v) is 24.1. The van der Waals surface area contributed by atoms with Crippen molar-refractivity contribution in [3.63, 3.8) is 0 Å². The SMILES string of the molecule is CCC/C(C(=N)c1nc(OC[C@@H]2CCCN2C)cc(Oc2cncnc2)n1)=C(/O)[C@H]1CCCc2sc(N)c(C#N)c21. The summed E-state index contributed by atoms with van der Waals surface area (Å²) in [6.07, 6.45) is 10.0. The van der Waals surface area contributed by atoms with Gasteiger partial charge in [0.1, 0.15) is 35.5 Å². The number of likely N-dealkylation sites (tertiary alicyclic amines) is 1. The number of aryl methyl sites for hydroxylation is 1. The van der Waals surface area contributed by atoms with E-state index < -0.39 is 5.92 Å². The molecule has 3 aromatic heterocycles. The molecule has 0 amide bonds. The van der Waals surface area contributed by atoms with Crippen molar-refractivity contribution in [3.8, 4) is 23.6 Å². The summed E-state index contributed by atoms with van der Waals surface area (Å²) in [5, 5.41) is 31.1. The van der Waals surface area contributed by atoms with Gasteiger partial charge in [-0.1, -0.05) is 13.3 Å². The van der Waals surface area contributed by atoms with E-state index in [9.17, 15) is 10.4 Å². The molecule has 214 valence electrons. The maximum Gasteiger partial charge on any atom is 0.226 e. The first-order valence-corrected chi connectivity index (χ1v) is 14.7. The molecule has 1 aliphatic carbocycles. The number of nitrogens with one attached hydrogen (secondary N) is 1. The van der Waals surface area contributed by atoms with E-state index in [0.29, 0.717) is 47.8 Å². The van der Waals surface area contributed by atoms with Crippen LogP contribution in [0, 0.1) is 16.7 Å². The maximum absolute atomic E-state index is 11.7. The predicted molar refractivity (Wildman–Crippen MR) is 156 cm³/mol. The van der Waals surface area contributed by atoms with Gasteiger partial charge < -0.3 is 25.2 Å². The zero-order valence-electron chi connectivity index (χ0n) is 23.3. The number of hydrogen-bond acceptors (Lipinski definition) is 12. The van der Waals surface area contributed by atoms with Crippen molar-refractivity contribution in [2.45, 2.75) is 63.8 Å². The lowest BCUT2D eigenvalue weighted by Gasteiger charge is -2.25. The van der Waals surface area contributed by atoms with Gasteiger partial charge in [-0.2, -0.15) is 15.2 Å². The summed E-state index contributed by atoms with van der Waals surface area (Å²) in [7, 11) is 2.08. The van der Waals surface area contributed by atoms with Crippen molar-refractivity contribution in [1.29, 1.82) is 10.7 Å². The fraction of sp³-hybridized carbons (Fsp3) is 0.448. The number of allylic oxidation sites excluding steroid dienone is 2. The molecule has 0 unspecified atom stereocenters. The Kier molecular flexibility index (Phi) is 8.75. The first kappa shape index (κ1) is 28.4. The molecule has 41 heavy (non-hydrogen) atoms. The molecule has 4 N–H and O–H groups in total. The van der Waals surface area contributed by atoms with Crippen LogP contribution >= 0.6 is 11.3 Å². The van der Waals surface area contributed by atoms with Gasteiger partial charge in [-0.15, -0.1) is 11.3 Å². The molecule has 0 radical (unpaired) electrons. The van der Waals surface area contributed by atoms with Crippen LogP contribution in [-0.4, -0.2) is 61.9 Å². The monoisotopic (exact) mass is 574 g/mol. The molecule has 1 saturated heterocycles. The second-order valence-electron chi connectivity index (χ2n) is 10.4. The number of aliphatic hydroxyl groups excluding tert-OH is 1. The molecule has 1 fully saturated rings. The molecule has 2 aliphatic rings. The van der Waals surface area contributed by atoms with E-state index >= 15 is 0 Å². The van der Waals surface area contributed by atoms with Crippen LogP contribution in [-0.2, 0) is 6.42 Å². The van der Waals surface area contributed by atoms with Gasteiger partial charge in [-0.05, 0) is 57.7 Å². The van der Waals surface area contributed by atoms with Crippen LogP contribution in [0.3, 0.4) is 0 Å². The Hall–Kier alpha value is -4.08. The second-order valence-corrected chi connectivity index (χ2v) is 11.5. The molecular weight excluding hydrogens is 540 g/mol. The lowest BCUT2D eigenvalue weighted by atomic mass is 9.81. The quantitative estimate of drug-likeness (QED) is 0.218. The maximum atomic E-state index is 11.7. The molecule has 0 bridgehead atoms. The van der Waals surface area contributed by atoms with Crippen LogP contribution in [0.25, 0.3) is 0 Å². The van der Waals surface area contributed by atoms with Gasteiger partial charge in [0.25, 0.3) is 0 Å². The number of rotatable bonds is 10. The lowest BCUT2D eigenvalue weighted by molar-refractivity contribution is 0.192. The molecule has 11 nitrogen and oxygen atoms in total. The van der Waals surface area contributed by atoms with Crippen LogP contribution in [0.15, 0.2) is 36.1 Å². The number of nitrogens with two attached hydrogens (primary N) is 1. The number of nitriles is 1. The third kappa shape index (κ3) is 6.16. The first-order valence-electron chi connectivity index (χ1n) is 13.9. The smallest absolute Gasteiger partial charge is 0.226 e. The van der Waals surface area contributed by atoms with E-state index in [4.69, 9.17) is 20.6 Å². The summed E-state index contributed by atoms with van der Waals surface area (Å²) in [5.41, 5.74) is 7.78. The molecule has 3 aromatic rings. The van der Waals surface area contributed by atoms with Gasteiger partial charge in [0, 0.05) is 22.4 Å². The van der Waals surface area contributed by atoms with E-state index in [-0.39, 0.29) is 35.1 Å². The van der Waals surface area contributed by atoms with Crippen molar-refractivity contribution in [3.05, 3.63) is 57.9 Å². The van der Waals surface area contributed by atoms with E-state index in [2.05, 4.69) is 38.0 Å². The normalized spacial score (nSPS) is 19.2. The molecule has 0 aromatic carbocycles. The topological polar surface area (TPSA) is 167 Å². The van der Waals surface area contributed by atoms with Crippen LogP contribution in [0.1, 0.15) is 73.2 Å². The second kappa shape index (κ2) is 12.6. The number of aromatic nitrogens is 4. The van der Waals surface area contributed by atoms with E-state index in [1.807, 2.05) is 6.92 Å². The summed E-state index contributed by atoms with van der Waals surface area (Å²) in [6.45, 7) is 3.45. The van der Waals surface area contributed by atoms with Crippen LogP contribution in [0.2, 0.25) is 0 Å². The van der Waals surface area contributed by atoms with Crippen molar-refractivity contribution in [2.24, 2.45) is 0 Å². The van der Waals surface area contributed by atoms with Gasteiger partial charge in [-0.3, -0.25) is 5.41 Å². The third-order valence-electron chi connectivity index (χ3n) is 7.60. The molecule has 12 heteroatoms. The van der Waals surface area contributed by atoms with Crippen molar-refractivity contribution in [2.75, 3.05) is 25.9 Å². The Morgan fingerprint density at radius 2 is 2.02 bits per heavy atom. The minimum absolute atomic E-state index is 0.0178. The minimum Gasteiger partial charge on any atom is -0.511 e. The number of likely N-dealkylation sites (N-methyl/N-ethyl adjacent to an activating group) is 1. The molecule has 2 atom stereocenters. The van der Waals surface area contributed by atoms with Crippen molar-refractivity contribution < 1.29 is 14.6 Å². The van der Waals surface area contributed by atoms with Gasteiger partial charge in [0.05, 0.1) is 24.0 Å². The van der Waals surface area contributed by atoms with Crippen molar-refractivity contribution in [1.82, 2.24) is 24.8 Å². The highest BCUT2D eigenvalue weighted by Crippen LogP contribution is 2.45. The van der Waals surface area contributed by atoms with Crippen LogP contribution < -0.4 is 15.2 Å². The molecule has 0 saturated carbocycles. The Labute approximate surface area is 243 Å². The lowest BCUT2D eigenvalue weighted by Crippen LogP contribution is -2.30. The van der Waals surface area contributed by atoms with E-state index in [0.717, 1.165) is 42.7 Å². The van der Waals surface area contributed by atoms with Gasteiger partial charge >= 0.3 is 0 Å². The number of nitrogens with zero attached hydrogens (tertiary/aromatic N) is 6. The Morgan fingerprint density at radius 1 is 1.24 bits per heavy atom. The Balaban J connectivity index is 1.51. The number of aliphatic hydroxyl groups is 1. The summed E-state index contributed by atoms with van der Waals surface area (Å²) < 4.78 is 12.0. The average molecular weight is 575 g/mol. The highest BCUT2D eigenvalue weighted by Gasteiger charge is 2.33. The number of thiophene rings is 1. The predicted octanol–water partition coefficient (Wildman–Crippen LogP) is 5.15. The van der Waals surface area contributed by atoms with E-state index in [1.165, 1.54) is 30.1 Å². The number of anilines is 1. The largest absolute Gasteiger partial charge is 0.511 e. The van der Waals surface area contributed by atoms with Gasteiger partial charge in [0.15, 0.2) is 11.6 Å². The van der Waals surface area contributed by atoms with Gasteiger partial charge in [0.2, 0.25) is 11.8 Å². The minimum atomic E-state index is -0.418. The molecule has 4 heterocycles. The summed E-state index contributed by atoms with van der Waals surface area (Å²) in [4.78, 5) is 20.3. The molecule has 1 aliphatic heterocycles. The van der Waals surface area contributed by atoms with Gasteiger partial charge in [-0.25, -0.2) is 9.97 Å². The number of fused-ring (bicyclic) bond motifs is 1. The van der Waals surface area contributed by atoms with Crippen molar-refractivity contribution >= 4 is 22.0 Å². The highest BCUT2D eigenvalue weighted by molar-refractivity contribution is 7.16. The highest BCUT2D eigenvalue weighted by atomic mass is 32.1. The summed E-state index contributed by atoms with van der Waals surface area (Å²) in [5.74, 6) is 0.556. The fourth-order valence-corrected chi connectivity index (χ4v) is 6.64. The van der Waals surface area contributed by atoms with Crippen LogP contribution in [0.4, 0.5) is 5.00 Å².